The third-order valence-corrected chi connectivity index (χ3v) is 6.28. The molecule has 0 spiro atoms. The molecule has 1 saturated heterocycles. The van der Waals surface area contributed by atoms with Gasteiger partial charge in [-0.3, -0.25) is 9.59 Å². The molecule has 2 amide bonds. The maximum Gasteiger partial charge on any atom is 0.253 e. The van der Waals surface area contributed by atoms with Gasteiger partial charge in [-0.15, -0.1) is 0 Å². The first-order chi connectivity index (χ1) is 15.1. The average Bonchev–Trinajstić information content (AvgIpc) is 2.81. The van der Waals surface area contributed by atoms with Gasteiger partial charge < -0.3 is 14.5 Å². The lowest BCUT2D eigenvalue weighted by Gasteiger charge is -2.38. The highest BCUT2D eigenvalue weighted by Crippen LogP contribution is 2.24. The maximum absolute atomic E-state index is 12.9. The molecule has 0 saturated carbocycles. The lowest BCUT2D eigenvalue weighted by molar-refractivity contribution is -0.134. The first-order valence-corrected chi connectivity index (χ1v) is 11.9. The topological polar surface area (TPSA) is 49.9 Å². The van der Waals surface area contributed by atoms with Crippen LogP contribution in [0.15, 0.2) is 59.1 Å². The van der Waals surface area contributed by atoms with Gasteiger partial charge in [0.1, 0.15) is 5.75 Å². The van der Waals surface area contributed by atoms with Crippen molar-refractivity contribution in [2.75, 3.05) is 26.2 Å². The number of para-hydroxylation sites is 1. The van der Waals surface area contributed by atoms with Crippen LogP contribution in [-0.2, 0) is 4.79 Å². The number of piperidine rings is 1. The molecule has 1 heterocycles. The zero-order chi connectivity index (χ0) is 22.1. The molecule has 1 aliphatic rings. The number of hydrogen-bond acceptors (Lipinski definition) is 3. The van der Waals surface area contributed by atoms with Crippen LogP contribution in [0.1, 0.15) is 49.4 Å². The zero-order valence-electron chi connectivity index (χ0n) is 18.1. The second-order valence-corrected chi connectivity index (χ2v) is 8.71. The number of amides is 2. The second kappa shape index (κ2) is 11.9. The van der Waals surface area contributed by atoms with Gasteiger partial charge in [-0.05, 0) is 65.9 Å². The van der Waals surface area contributed by atoms with E-state index < -0.39 is 0 Å². The van der Waals surface area contributed by atoms with Gasteiger partial charge in [0.25, 0.3) is 5.91 Å². The van der Waals surface area contributed by atoms with E-state index in [-0.39, 0.29) is 17.9 Å². The molecule has 5 nitrogen and oxygen atoms in total. The van der Waals surface area contributed by atoms with Crippen LogP contribution in [0.3, 0.4) is 0 Å². The number of rotatable bonds is 9. The lowest BCUT2D eigenvalue weighted by atomic mass is 10.0. The summed E-state index contributed by atoms with van der Waals surface area (Å²) in [6.07, 6.45) is 3.76. The number of likely N-dealkylation sites (tertiary alicyclic amines) is 1. The summed E-state index contributed by atoms with van der Waals surface area (Å²) in [4.78, 5) is 29.5. The summed E-state index contributed by atoms with van der Waals surface area (Å²) >= 11 is 3.47. The predicted molar refractivity (Wildman–Crippen MR) is 126 cm³/mol. The van der Waals surface area contributed by atoms with E-state index in [0.29, 0.717) is 32.5 Å². The van der Waals surface area contributed by atoms with Crippen LogP contribution in [0.2, 0.25) is 0 Å². The smallest absolute Gasteiger partial charge is 0.253 e. The van der Waals surface area contributed by atoms with Gasteiger partial charge in [0.2, 0.25) is 5.91 Å². The van der Waals surface area contributed by atoms with Gasteiger partial charge >= 0.3 is 0 Å². The maximum atomic E-state index is 12.9. The van der Waals surface area contributed by atoms with E-state index in [9.17, 15) is 9.59 Å². The summed E-state index contributed by atoms with van der Waals surface area (Å²) in [7, 11) is 0. The van der Waals surface area contributed by atoms with Crippen molar-refractivity contribution in [2.24, 2.45) is 0 Å². The van der Waals surface area contributed by atoms with Crippen LogP contribution in [0.4, 0.5) is 0 Å². The third kappa shape index (κ3) is 6.57. The van der Waals surface area contributed by atoms with Crippen molar-refractivity contribution in [3.8, 4) is 5.75 Å². The van der Waals surface area contributed by atoms with E-state index >= 15 is 0 Å². The SMILES string of the molecule is CCCN(C(=O)CCCOc1ccccc1Br)C1CCN(C(=O)c2ccccc2)CC1. The van der Waals surface area contributed by atoms with Crippen LogP contribution < -0.4 is 4.74 Å². The monoisotopic (exact) mass is 486 g/mol. The van der Waals surface area contributed by atoms with E-state index in [1.54, 1.807) is 0 Å². The van der Waals surface area contributed by atoms with Crippen molar-refractivity contribution < 1.29 is 14.3 Å². The van der Waals surface area contributed by atoms with Gasteiger partial charge in [0.05, 0.1) is 11.1 Å². The molecule has 1 fully saturated rings. The Labute approximate surface area is 193 Å². The predicted octanol–water partition coefficient (Wildman–Crippen LogP) is 5.15. The Kier molecular flexibility index (Phi) is 8.95. The number of ether oxygens (including phenoxy) is 1. The molecule has 166 valence electrons. The van der Waals surface area contributed by atoms with Crippen molar-refractivity contribution in [3.63, 3.8) is 0 Å². The van der Waals surface area contributed by atoms with Crippen LogP contribution in [0, 0.1) is 0 Å². The number of carbonyl (C=O) groups excluding carboxylic acids is 2. The molecule has 0 aromatic heterocycles. The Morgan fingerprint density at radius 1 is 1.06 bits per heavy atom. The van der Waals surface area contributed by atoms with Crippen LogP contribution >= 0.6 is 15.9 Å². The zero-order valence-corrected chi connectivity index (χ0v) is 19.7. The van der Waals surface area contributed by atoms with Crippen molar-refractivity contribution in [3.05, 3.63) is 64.6 Å². The van der Waals surface area contributed by atoms with Gasteiger partial charge in [-0.25, -0.2) is 0 Å². The highest BCUT2D eigenvalue weighted by Gasteiger charge is 2.29. The standard InChI is InChI=1S/C25H31BrN2O3/c1-2-16-28(24(29)13-8-19-31-23-12-7-6-11-22(23)26)21-14-17-27(18-15-21)25(30)20-9-4-3-5-10-20/h3-7,9-12,21H,2,8,13-19H2,1H3. The molecule has 0 radical (unpaired) electrons. The summed E-state index contributed by atoms with van der Waals surface area (Å²) in [5.74, 6) is 1.07. The molecule has 0 N–H and O–H groups in total. The normalized spacial score (nSPS) is 14.3. The number of hydrogen-bond donors (Lipinski definition) is 0. The highest BCUT2D eigenvalue weighted by atomic mass is 79.9. The molecule has 0 unspecified atom stereocenters. The number of halogens is 1. The number of carbonyl (C=O) groups is 2. The Morgan fingerprint density at radius 3 is 2.42 bits per heavy atom. The fourth-order valence-corrected chi connectivity index (χ4v) is 4.41. The Bertz CT molecular complexity index is 851. The fourth-order valence-electron chi connectivity index (χ4n) is 4.01. The third-order valence-electron chi connectivity index (χ3n) is 5.63. The fraction of sp³-hybridized carbons (Fsp3) is 0.440. The van der Waals surface area contributed by atoms with Crippen molar-refractivity contribution in [2.45, 2.75) is 45.1 Å². The second-order valence-electron chi connectivity index (χ2n) is 7.86. The summed E-state index contributed by atoms with van der Waals surface area (Å²) in [6, 6.07) is 17.4. The largest absolute Gasteiger partial charge is 0.492 e. The molecule has 0 bridgehead atoms. The summed E-state index contributed by atoms with van der Waals surface area (Å²) in [5.41, 5.74) is 0.729. The van der Waals surface area contributed by atoms with E-state index in [1.807, 2.05) is 64.4 Å². The first-order valence-electron chi connectivity index (χ1n) is 11.1. The minimum Gasteiger partial charge on any atom is -0.492 e. The summed E-state index contributed by atoms with van der Waals surface area (Å²) in [5, 5.41) is 0. The van der Waals surface area contributed by atoms with E-state index in [1.165, 1.54) is 0 Å². The first kappa shape index (κ1) is 23.3. The van der Waals surface area contributed by atoms with Crippen molar-refractivity contribution in [1.29, 1.82) is 0 Å². The number of benzene rings is 2. The molecule has 0 atom stereocenters. The minimum absolute atomic E-state index is 0.0802. The van der Waals surface area contributed by atoms with Crippen LogP contribution in [0.5, 0.6) is 5.75 Å². The van der Waals surface area contributed by atoms with Crippen molar-refractivity contribution in [1.82, 2.24) is 9.80 Å². The van der Waals surface area contributed by atoms with E-state index in [4.69, 9.17) is 4.74 Å². The Balaban J connectivity index is 1.47. The van der Waals surface area contributed by atoms with Crippen LogP contribution in [-0.4, -0.2) is 53.9 Å². The van der Waals surface area contributed by atoms with Gasteiger partial charge in [-0.1, -0.05) is 37.3 Å². The lowest BCUT2D eigenvalue weighted by Crippen LogP contribution is -2.49. The van der Waals surface area contributed by atoms with Crippen molar-refractivity contribution >= 4 is 27.7 Å². The Hall–Kier alpha value is -2.34. The average molecular weight is 487 g/mol. The van der Waals surface area contributed by atoms with Gasteiger partial charge in [-0.2, -0.15) is 0 Å². The van der Waals surface area contributed by atoms with Crippen LogP contribution in [0.25, 0.3) is 0 Å². The quantitative estimate of drug-likeness (QED) is 0.460. The molecule has 6 heteroatoms. The molecule has 2 aromatic carbocycles. The molecule has 0 aliphatic carbocycles. The number of nitrogens with zero attached hydrogens (tertiary/aromatic N) is 2. The molecular weight excluding hydrogens is 456 g/mol. The Morgan fingerprint density at radius 2 is 1.74 bits per heavy atom. The molecule has 2 aromatic rings. The summed E-state index contributed by atoms with van der Waals surface area (Å²) < 4.78 is 6.72. The summed E-state index contributed by atoms with van der Waals surface area (Å²) in [6.45, 7) is 4.76. The van der Waals surface area contributed by atoms with Gasteiger partial charge in [0, 0.05) is 37.7 Å². The van der Waals surface area contributed by atoms with E-state index in [0.717, 1.165) is 41.6 Å². The molecular formula is C25H31BrN2O3. The van der Waals surface area contributed by atoms with E-state index in [2.05, 4.69) is 22.9 Å². The molecule has 1 aliphatic heterocycles. The highest BCUT2D eigenvalue weighted by molar-refractivity contribution is 9.10. The molecule has 31 heavy (non-hydrogen) atoms. The molecule has 3 rings (SSSR count). The minimum atomic E-state index is 0.0802. The van der Waals surface area contributed by atoms with Gasteiger partial charge in [0.15, 0.2) is 0 Å².